The molecule has 0 radical (unpaired) electrons. The first-order chi connectivity index (χ1) is 18.0. The van der Waals surface area contributed by atoms with E-state index >= 15 is 0 Å². The molecule has 1 aliphatic rings. The van der Waals surface area contributed by atoms with Gasteiger partial charge in [0.2, 0.25) is 0 Å². The average Bonchev–Trinajstić information content (AvgIpc) is 3.36. The maximum atomic E-state index is 13.2. The number of rotatable bonds is 7. The third kappa shape index (κ3) is 5.64. The number of benzene rings is 3. The van der Waals surface area contributed by atoms with Crippen LogP contribution in [-0.2, 0) is 19.4 Å². The second kappa shape index (κ2) is 10.8. The molecule has 1 aliphatic heterocycles. The zero-order valence-electron chi connectivity index (χ0n) is 20.8. The largest absolute Gasteiger partial charge is 0.461 e. The van der Waals surface area contributed by atoms with Crippen LogP contribution in [0.1, 0.15) is 57.4 Å². The van der Waals surface area contributed by atoms with Crippen molar-refractivity contribution in [3.8, 4) is 11.3 Å². The van der Waals surface area contributed by atoms with Crippen LogP contribution in [0.15, 0.2) is 83.3 Å². The third-order valence-corrected chi connectivity index (χ3v) is 6.69. The Morgan fingerprint density at radius 2 is 1.73 bits per heavy atom. The van der Waals surface area contributed by atoms with Crippen molar-refractivity contribution in [2.45, 2.75) is 39.2 Å². The predicted molar refractivity (Wildman–Crippen MR) is 142 cm³/mol. The Bertz CT molecular complexity index is 1410. The standard InChI is InChI=1S/C31H29FN2O3/c1-2-3-5-21-8-10-22(11-9-21)30(35)33-27-7-4-6-24(18-27)29-19-25-20-34(17-16-28(25)37-29)31(36)23-12-14-26(32)15-13-23/h4,6-15,18-19H,2-3,5,16-17,20H2,1H3,(H,33,35). The molecule has 2 heterocycles. The first-order valence-electron chi connectivity index (χ1n) is 12.7. The molecule has 4 aromatic rings. The number of anilines is 1. The van der Waals surface area contributed by atoms with Gasteiger partial charge in [-0.15, -0.1) is 0 Å². The predicted octanol–water partition coefficient (Wildman–Crippen LogP) is 6.88. The van der Waals surface area contributed by atoms with E-state index in [1.165, 1.54) is 29.8 Å². The van der Waals surface area contributed by atoms with E-state index < -0.39 is 0 Å². The molecule has 6 heteroatoms. The molecular formula is C31H29FN2O3. The summed E-state index contributed by atoms with van der Waals surface area (Å²) in [4.78, 5) is 27.4. The van der Waals surface area contributed by atoms with Crippen LogP contribution in [0.3, 0.4) is 0 Å². The van der Waals surface area contributed by atoms with Crippen molar-refractivity contribution in [2.75, 3.05) is 11.9 Å². The van der Waals surface area contributed by atoms with Crippen LogP contribution >= 0.6 is 0 Å². The van der Waals surface area contributed by atoms with Crippen molar-refractivity contribution >= 4 is 17.5 Å². The van der Waals surface area contributed by atoms with Crippen LogP contribution < -0.4 is 5.32 Å². The van der Waals surface area contributed by atoms with Gasteiger partial charge in [-0.2, -0.15) is 0 Å². The van der Waals surface area contributed by atoms with Crippen molar-refractivity contribution in [2.24, 2.45) is 0 Å². The Labute approximate surface area is 215 Å². The van der Waals surface area contributed by atoms with E-state index in [9.17, 15) is 14.0 Å². The summed E-state index contributed by atoms with van der Waals surface area (Å²) in [6.45, 7) is 3.13. The lowest BCUT2D eigenvalue weighted by atomic mass is 10.1. The lowest BCUT2D eigenvalue weighted by Crippen LogP contribution is -2.35. The summed E-state index contributed by atoms with van der Waals surface area (Å²) < 4.78 is 19.4. The van der Waals surface area contributed by atoms with E-state index in [1.807, 2.05) is 54.6 Å². The van der Waals surface area contributed by atoms with Crippen molar-refractivity contribution in [3.05, 3.63) is 113 Å². The summed E-state index contributed by atoms with van der Waals surface area (Å²) in [5.74, 6) is 0.897. The van der Waals surface area contributed by atoms with Gasteiger partial charge in [-0.3, -0.25) is 9.59 Å². The summed E-state index contributed by atoms with van der Waals surface area (Å²) >= 11 is 0. The number of carbonyl (C=O) groups excluding carboxylic acids is 2. The Hall–Kier alpha value is -4.19. The molecule has 0 aliphatic carbocycles. The Morgan fingerprint density at radius 1 is 0.973 bits per heavy atom. The van der Waals surface area contributed by atoms with Gasteiger partial charge in [-0.1, -0.05) is 37.6 Å². The van der Waals surface area contributed by atoms with Gasteiger partial charge in [0.15, 0.2) is 0 Å². The summed E-state index contributed by atoms with van der Waals surface area (Å²) in [5, 5.41) is 2.98. The smallest absolute Gasteiger partial charge is 0.255 e. The number of amides is 2. The van der Waals surface area contributed by atoms with E-state index in [0.29, 0.717) is 42.1 Å². The number of fused-ring (bicyclic) bond motifs is 1. The van der Waals surface area contributed by atoms with Crippen molar-refractivity contribution in [3.63, 3.8) is 0 Å². The highest BCUT2D eigenvalue weighted by atomic mass is 19.1. The molecule has 37 heavy (non-hydrogen) atoms. The Morgan fingerprint density at radius 3 is 2.49 bits per heavy atom. The van der Waals surface area contributed by atoms with Crippen LogP contribution in [0.2, 0.25) is 0 Å². The van der Waals surface area contributed by atoms with E-state index in [1.54, 1.807) is 4.90 Å². The molecular weight excluding hydrogens is 467 g/mol. The van der Waals surface area contributed by atoms with Gasteiger partial charge in [-0.25, -0.2) is 4.39 Å². The molecule has 3 aromatic carbocycles. The summed E-state index contributed by atoms with van der Waals surface area (Å²) in [6, 6.07) is 22.9. The second-order valence-electron chi connectivity index (χ2n) is 9.38. The van der Waals surface area contributed by atoms with Gasteiger partial charge in [0.25, 0.3) is 11.8 Å². The van der Waals surface area contributed by atoms with Crippen LogP contribution in [0.4, 0.5) is 10.1 Å². The third-order valence-electron chi connectivity index (χ3n) is 6.69. The van der Waals surface area contributed by atoms with Crippen LogP contribution in [0.25, 0.3) is 11.3 Å². The molecule has 0 bridgehead atoms. The molecule has 188 valence electrons. The minimum absolute atomic E-state index is 0.128. The Kier molecular flexibility index (Phi) is 7.17. The molecule has 0 saturated carbocycles. The molecule has 0 atom stereocenters. The minimum atomic E-state index is -0.365. The topological polar surface area (TPSA) is 62.6 Å². The lowest BCUT2D eigenvalue weighted by Gasteiger charge is -2.26. The molecule has 0 spiro atoms. The average molecular weight is 497 g/mol. The number of nitrogens with one attached hydrogen (secondary N) is 1. The number of aryl methyl sites for hydroxylation is 1. The fraction of sp³-hybridized carbons (Fsp3) is 0.226. The van der Waals surface area contributed by atoms with Gasteiger partial charge in [0.1, 0.15) is 17.3 Å². The fourth-order valence-electron chi connectivity index (χ4n) is 4.58. The molecule has 1 N–H and O–H groups in total. The highest BCUT2D eigenvalue weighted by Crippen LogP contribution is 2.31. The van der Waals surface area contributed by atoms with Crippen LogP contribution in [0, 0.1) is 5.82 Å². The molecule has 5 rings (SSSR count). The first kappa shape index (κ1) is 24.5. The van der Waals surface area contributed by atoms with E-state index in [0.717, 1.165) is 36.1 Å². The molecule has 5 nitrogen and oxygen atoms in total. The van der Waals surface area contributed by atoms with Gasteiger partial charge in [-0.05, 0) is 73.0 Å². The molecule has 2 amide bonds. The normalized spacial score (nSPS) is 12.8. The van der Waals surface area contributed by atoms with Gasteiger partial charge in [0.05, 0.1) is 0 Å². The number of nitrogens with zero attached hydrogens (tertiary/aromatic N) is 1. The number of carbonyl (C=O) groups is 2. The highest BCUT2D eigenvalue weighted by Gasteiger charge is 2.25. The zero-order chi connectivity index (χ0) is 25.8. The monoisotopic (exact) mass is 496 g/mol. The van der Waals surface area contributed by atoms with Crippen LogP contribution in [-0.4, -0.2) is 23.3 Å². The van der Waals surface area contributed by atoms with Crippen LogP contribution in [0.5, 0.6) is 0 Å². The SMILES string of the molecule is CCCCc1ccc(C(=O)Nc2cccc(-c3cc4c(o3)CCN(C(=O)c3ccc(F)cc3)C4)c2)cc1. The quantitative estimate of drug-likeness (QED) is 0.303. The van der Waals surface area contributed by atoms with Gasteiger partial charge in [0, 0.05) is 47.5 Å². The van der Waals surface area contributed by atoms with E-state index in [2.05, 4.69) is 12.2 Å². The zero-order valence-corrected chi connectivity index (χ0v) is 20.8. The number of hydrogen-bond donors (Lipinski definition) is 1. The number of halogens is 1. The lowest BCUT2D eigenvalue weighted by molar-refractivity contribution is 0.0729. The molecule has 0 saturated heterocycles. The van der Waals surface area contributed by atoms with E-state index in [-0.39, 0.29) is 17.6 Å². The first-order valence-corrected chi connectivity index (χ1v) is 12.7. The van der Waals surface area contributed by atoms with Gasteiger partial charge < -0.3 is 14.6 Å². The maximum Gasteiger partial charge on any atom is 0.255 e. The fourth-order valence-corrected chi connectivity index (χ4v) is 4.58. The maximum absolute atomic E-state index is 13.2. The summed E-state index contributed by atoms with van der Waals surface area (Å²) in [6.07, 6.45) is 3.90. The van der Waals surface area contributed by atoms with E-state index in [4.69, 9.17) is 4.42 Å². The second-order valence-corrected chi connectivity index (χ2v) is 9.38. The molecule has 0 unspecified atom stereocenters. The number of unbranched alkanes of at least 4 members (excludes halogenated alkanes) is 1. The van der Waals surface area contributed by atoms with Crippen molar-refractivity contribution in [1.29, 1.82) is 0 Å². The summed E-state index contributed by atoms with van der Waals surface area (Å²) in [5.41, 5.74) is 4.80. The van der Waals surface area contributed by atoms with Gasteiger partial charge >= 0.3 is 0 Å². The van der Waals surface area contributed by atoms with Crippen molar-refractivity contribution in [1.82, 2.24) is 4.90 Å². The molecule has 0 fully saturated rings. The number of furan rings is 1. The molecule has 1 aromatic heterocycles. The minimum Gasteiger partial charge on any atom is -0.461 e. The number of hydrogen-bond acceptors (Lipinski definition) is 3. The Balaban J connectivity index is 1.27. The highest BCUT2D eigenvalue weighted by molar-refractivity contribution is 6.04. The van der Waals surface area contributed by atoms with Crippen molar-refractivity contribution < 1.29 is 18.4 Å². The summed E-state index contributed by atoms with van der Waals surface area (Å²) in [7, 11) is 0.